The van der Waals surface area contributed by atoms with Crippen LogP contribution in [0.25, 0.3) is 0 Å². The van der Waals surface area contributed by atoms with Crippen LogP contribution in [0.1, 0.15) is 31.2 Å². The Labute approximate surface area is 111 Å². The van der Waals surface area contributed by atoms with E-state index in [1.165, 1.54) is 0 Å². The maximum absolute atomic E-state index is 11.5. The summed E-state index contributed by atoms with van der Waals surface area (Å²) in [4.78, 5) is 22.7. The Morgan fingerprint density at radius 2 is 2.16 bits per heavy atom. The Bertz CT molecular complexity index is 537. The molecular formula is C14H16N2O3. The van der Waals surface area contributed by atoms with Crippen LogP contribution in [0.5, 0.6) is 0 Å². The van der Waals surface area contributed by atoms with Crippen LogP contribution in [0, 0.1) is 0 Å². The van der Waals surface area contributed by atoms with Crippen LogP contribution in [0.15, 0.2) is 24.3 Å². The molecule has 2 aliphatic rings. The fraction of sp³-hybridized carbons (Fsp3) is 0.429. The normalized spacial score (nSPS) is 20.8. The lowest BCUT2D eigenvalue weighted by Gasteiger charge is -2.38. The standard InChI is InChI=1S/C14H16N2O3/c17-12-5-8-16(15-12)11-4-1-3-10(9-11)14(13(18)19)6-2-7-14/h1,3-4,9H,2,5-8H2,(H,15,17)(H,18,19). The molecule has 5 heteroatoms. The first-order chi connectivity index (χ1) is 9.12. The molecule has 1 aromatic carbocycles. The Morgan fingerprint density at radius 1 is 1.37 bits per heavy atom. The Morgan fingerprint density at radius 3 is 2.68 bits per heavy atom. The van der Waals surface area contributed by atoms with Crippen LogP contribution in [-0.4, -0.2) is 23.5 Å². The number of hydrogen-bond acceptors (Lipinski definition) is 3. The summed E-state index contributed by atoms with van der Waals surface area (Å²) in [6.07, 6.45) is 2.82. The number of amides is 1. The molecule has 1 amide bonds. The molecule has 0 aromatic heterocycles. The van der Waals surface area contributed by atoms with Crippen molar-refractivity contribution in [2.75, 3.05) is 11.6 Å². The zero-order chi connectivity index (χ0) is 13.5. The fourth-order valence-electron chi connectivity index (χ4n) is 2.80. The fourth-order valence-corrected chi connectivity index (χ4v) is 2.80. The average Bonchev–Trinajstić information content (AvgIpc) is 2.74. The molecule has 3 rings (SSSR count). The number of rotatable bonds is 3. The minimum atomic E-state index is -0.749. The first kappa shape index (κ1) is 12.0. The highest BCUT2D eigenvalue weighted by Gasteiger charge is 2.46. The molecule has 5 nitrogen and oxygen atoms in total. The summed E-state index contributed by atoms with van der Waals surface area (Å²) in [6, 6.07) is 7.51. The minimum absolute atomic E-state index is 0.00185. The van der Waals surface area contributed by atoms with Crippen molar-refractivity contribution in [2.45, 2.75) is 31.1 Å². The van der Waals surface area contributed by atoms with Gasteiger partial charge in [-0.2, -0.15) is 0 Å². The van der Waals surface area contributed by atoms with Crippen LogP contribution in [0.3, 0.4) is 0 Å². The Hall–Kier alpha value is -2.04. The van der Waals surface area contributed by atoms with Crippen molar-refractivity contribution in [1.29, 1.82) is 0 Å². The molecule has 1 aliphatic carbocycles. The van der Waals surface area contributed by atoms with Gasteiger partial charge in [-0.15, -0.1) is 0 Å². The highest BCUT2D eigenvalue weighted by atomic mass is 16.4. The van der Waals surface area contributed by atoms with Crippen LogP contribution in [-0.2, 0) is 15.0 Å². The molecule has 1 aromatic rings. The second-order valence-corrected chi connectivity index (χ2v) is 5.23. The van der Waals surface area contributed by atoms with Crippen LogP contribution in [0.2, 0.25) is 0 Å². The van der Waals surface area contributed by atoms with Crippen LogP contribution < -0.4 is 10.4 Å². The van der Waals surface area contributed by atoms with Gasteiger partial charge in [0.1, 0.15) is 0 Å². The zero-order valence-corrected chi connectivity index (χ0v) is 10.6. The molecule has 0 spiro atoms. The van der Waals surface area contributed by atoms with Crippen molar-refractivity contribution >= 4 is 17.6 Å². The topological polar surface area (TPSA) is 69.6 Å². The number of carboxylic acids is 1. The van der Waals surface area contributed by atoms with Gasteiger partial charge in [0.05, 0.1) is 11.1 Å². The van der Waals surface area contributed by atoms with Gasteiger partial charge in [-0.3, -0.25) is 20.0 Å². The quantitative estimate of drug-likeness (QED) is 0.862. The molecule has 1 saturated heterocycles. The summed E-state index contributed by atoms with van der Waals surface area (Å²) in [5, 5.41) is 11.2. The molecule has 1 saturated carbocycles. The van der Waals surface area contributed by atoms with E-state index in [0.29, 0.717) is 25.8 Å². The van der Waals surface area contributed by atoms with E-state index in [1.807, 2.05) is 24.3 Å². The highest BCUT2D eigenvalue weighted by molar-refractivity contribution is 5.84. The SMILES string of the molecule is O=C1CCN(c2cccc(C3(C(=O)O)CCC3)c2)N1. The van der Waals surface area contributed by atoms with Crippen LogP contribution >= 0.6 is 0 Å². The van der Waals surface area contributed by atoms with Gasteiger partial charge >= 0.3 is 5.97 Å². The van der Waals surface area contributed by atoms with E-state index < -0.39 is 11.4 Å². The van der Waals surface area contributed by atoms with Gasteiger partial charge < -0.3 is 5.11 Å². The van der Waals surface area contributed by atoms with Crippen molar-refractivity contribution < 1.29 is 14.7 Å². The summed E-state index contributed by atoms with van der Waals surface area (Å²) in [6.45, 7) is 0.627. The van der Waals surface area contributed by atoms with E-state index in [1.54, 1.807) is 5.01 Å². The molecule has 0 atom stereocenters. The second-order valence-electron chi connectivity index (χ2n) is 5.23. The van der Waals surface area contributed by atoms with Gasteiger partial charge in [0.25, 0.3) is 0 Å². The molecule has 0 unspecified atom stereocenters. The van der Waals surface area contributed by atoms with Gasteiger partial charge in [-0.1, -0.05) is 18.6 Å². The smallest absolute Gasteiger partial charge is 0.314 e. The predicted octanol–water partition coefficient (Wildman–Crippen LogP) is 1.43. The number of nitrogens with one attached hydrogen (secondary N) is 1. The monoisotopic (exact) mass is 260 g/mol. The number of carboxylic acid groups (broad SMARTS) is 1. The highest BCUT2D eigenvalue weighted by Crippen LogP contribution is 2.44. The summed E-state index contributed by atoms with van der Waals surface area (Å²) in [5.74, 6) is -0.747. The van der Waals surface area contributed by atoms with Crippen molar-refractivity contribution in [2.24, 2.45) is 0 Å². The van der Waals surface area contributed by atoms with E-state index in [0.717, 1.165) is 17.7 Å². The van der Waals surface area contributed by atoms with E-state index in [-0.39, 0.29) is 5.91 Å². The van der Waals surface area contributed by atoms with E-state index in [9.17, 15) is 14.7 Å². The number of hydrogen-bond donors (Lipinski definition) is 2. The van der Waals surface area contributed by atoms with E-state index in [2.05, 4.69) is 5.43 Å². The van der Waals surface area contributed by atoms with Crippen molar-refractivity contribution in [3.63, 3.8) is 0 Å². The van der Waals surface area contributed by atoms with Crippen molar-refractivity contribution in [3.05, 3.63) is 29.8 Å². The van der Waals surface area contributed by atoms with Gasteiger partial charge in [-0.05, 0) is 30.5 Å². The Kier molecular flexibility index (Phi) is 2.69. The minimum Gasteiger partial charge on any atom is -0.481 e. The van der Waals surface area contributed by atoms with Gasteiger partial charge in [0.15, 0.2) is 0 Å². The van der Waals surface area contributed by atoms with Crippen molar-refractivity contribution in [1.82, 2.24) is 5.43 Å². The maximum Gasteiger partial charge on any atom is 0.314 e. The second kappa shape index (κ2) is 4.26. The number of anilines is 1. The number of nitrogens with zero attached hydrogens (tertiary/aromatic N) is 1. The molecular weight excluding hydrogens is 244 g/mol. The zero-order valence-electron chi connectivity index (χ0n) is 10.6. The lowest BCUT2D eigenvalue weighted by atomic mass is 9.64. The molecule has 0 radical (unpaired) electrons. The molecule has 1 heterocycles. The third-order valence-electron chi connectivity index (χ3n) is 4.15. The molecule has 1 aliphatic heterocycles. The maximum atomic E-state index is 11.5. The van der Waals surface area contributed by atoms with Gasteiger partial charge in [0, 0.05) is 13.0 Å². The third kappa shape index (κ3) is 1.85. The molecule has 2 N–H and O–H groups in total. The molecule has 0 bridgehead atoms. The largest absolute Gasteiger partial charge is 0.481 e. The van der Waals surface area contributed by atoms with E-state index >= 15 is 0 Å². The number of carbonyl (C=O) groups is 2. The van der Waals surface area contributed by atoms with Gasteiger partial charge in [0.2, 0.25) is 5.91 Å². The third-order valence-corrected chi connectivity index (χ3v) is 4.15. The molecule has 100 valence electrons. The lowest BCUT2D eigenvalue weighted by Crippen LogP contribution is -2.42. The van der Waals surface area contributed by atoms with Crippen LogP contribution in [0.4, 0.5) is 5.69 Å². The first-order valence-electron chi connectivity index (χ1n) is 6.53. The number of aliphatic carboxylic acids is 1. The predicted molar refractivity (Wildman–Crippen MR) is 69.7 cm³/mol. The summed E-state index contributed by atoms with van der Waals surface area (Å²) in [7, 11) is 0. The average molecular weight is 260 g/mol. The summed E-state index contributed by atoms with van der Waals surface area (Å²) < 4.78 is 0. The lowest BCUT2D eigenvalue weighted by molar-refractivity contribution is -0.147. The first-order valence-corrected chi connectivity index (χ1v) is 6.53. The molecule has 2 fully saturated rings. The van der Waals surface area contributed by atoms with Crippen molar-refractivity contribution in [3.8, 4) is 0 Å². The van der Waals surface area contributed by atoms with E-state index in [4.69, 9.17) is 0 Å². The number of carbonyl (C=O) groups excluding carboxylic acids is 1. The summed E-state index contributed by atoms with van der Waals surface area (Å²) in [5.41, 5.74) is 3.73. The number of benzene rings is 1. The Balaban J connectivity index is 1.92. The summed E-state index contributed by atoms with van der Waals surface area (Å²) >= 11 is 0. The molecule has 19 heavy (non-hydrogen) atoms. The van der Waals surface area contributed by atoms with Gasteiger partial charge in [-0.25, -0.2) is 0 Å². The number of hydrazine groups is 1.